The molecule has 0 saturated heterocycles. The zero-order chi connectivity index (χ0) is 12.4. The van der Waals surface area contributed by atoms with Crippen molar-refractivity contribution >= 4 is 11.3 Å². The fourth-order valence-corrected chi connectivity index (χ4v) is 4.55. The van der Waals surface area contributed by atoms with Gasteiger partial charge in [0.15, 0.2) is 0 Å². The second kappa shape index (κ2) is 5.75. The molecule has 1 atom stereocenters. The Balaban J connectivity index is 1.69. The van der Waals surface area contributed by atoms with Gasteiger partial charge in [-0.1, -0.05) is 26.2 Å². The first-order valence-corrected chi connectivity index (χ1v) is 8.53. The van der Waals surface area contributed by atoms with E-state index in [-0.39, 0.29) is 0 Å². The van der Waals surface area contributed by atoms with Crippen LogP contribution in [0.1, 0.15) is 66.8 Å². The van der Waals surface area contributed by atoms with Crippen molar-refractivity contribution in [1.29, 1.82) is 0 Å². The van der Waals surface area contributed by atoms with Crippen LogP contribution in [0.3, 0.4) is 0 Å². The fraction of sp³-hybridized carbons (Fsp3) is 0.750. The van der Waals surface area contributed by atoms with Crippen LogP contribution in [-0.2, 0) is 12.8 Å². The van der Waals surface area contributed by atoms with Crippen molar-refractivity contribution in [3.8, 4) is 0 Å². The maximum absolute atomic E-state index is 3.78. The van der Waals surface area contributed by atoms with E-state index in [1.165, 1.54) is 57.9 Å². The van der Waals surface area contributed by atoms with Crippen LogP contribution in [0.4, 0.5) is 0 Å². The van der Waals surface area contributed by atoms with Gasteiger partial charge in [0.25, 0.3) is 0 Å². The van der Waals surface area contributed by atoms with Gasteiger partial charge in [0, 0.05) is 15.8 Å². The van der Waals surface area contributed by atoms with Crippen molar-refractivity contribution in [3.63, 3.8) is 0 Å². The van der Waals surface area contributed by atoms with Crippen molar-refractivity contribution < 1.29 is 0 Å². The summed E-state index contributed by atoms with van der Waals surface area (Å²) in [7, 11) is 0. The first kappa shape index (κ1) is 12.7. The van der Waals surface area contributed by atoms with Gasteiger partial charge in [0.2, 0.25) is 0 Å². The Morgan fingerprint density at radius 3 is 2.89 bits per heavy atom. The van der Waals surface area contributed by atoms with E-state index in [2.05, 4.69) is 29.6 Å². The molecule has 1 aromatic rings. The monoisotopic (exact) mass is 263 g/mol. The summed E-state index contributed by atoms with van der Waals surface area (Å²) >= 11 is 2.09. The van der Waals surface area contributed by atoms with E-state index < -0.39 is 0 Å². The highest BCUT2D eigenvalue weighted by Crippen LogP contribution is 2.39. The lowest BCUT2D eigenvalue weighted by molar-refractivity contribution is 0.262. The highest BCUT2D eigenvalue weighted by atomic mass is 32.1. The largest absolute Gasteiger partial charge is 0.309 e. The van der Waals surface area contributed by atoms with Crippen LogP contribution in [-0.4, -0.2) is 6.54 Å². The summed E-state index contributed by atoms with van der Waals surface area (Å²) in [5, 5.41) is 3.78. The van der Waals surface area contributed by atoms with E-state index in [0.717, 1.165) is 5.92 Å². The molecule has 1 aromatic heterocycles. The molecule has 1 fully saturated rings. The molecule has 1 heterocycles. The number of hydrogen-bond acceptors (Lipinski definition) is 2. The molecule has 2 heteroatoms. The molecule has 2 aliphatic rings. The van der Waals surface area contributed by atoms with Gasteiger partial charge in [0.05, 0.1) is 0 Å². The second-order valence-electron chi connectivity index (χ2n) is 5.99. The lowest BCUT2D eigenvalue weighted by Crippen LogP contribution is -2.26. The first-order chi connectivity index (χ1) is 8.86. The van der Waals surface area contributed by atoms with Gasteiger partial charge in [-0.3, -0.25) is 0 Å². The standard InChI is InChI=1S/C16H25NS/c1-2-9-17-14(10-12-5-3-6-12)16-11-13-7-4-8-15(13)18-16/h11-12,14,17H,2-10H2,1H3. The predicted octanol–water partition coefficient (Wildman–Crippen LogP) is 4.47. The molecule has 1 N–H and O–H groups in total. The molecule has 0 radical (unpaired) electrons. The Hall–Kier alpha value is -0.340. The molecule has 0 aromatic carbocycles. The van der Waals surface area contributed by atoms with Crippen LogP contribution in [0.15, 0.2) is 6.07 Å². The van der Waals surface area contributed by atoms with Crippen LogP contribution in [0, 0.1) is 5.92 Å². The summed E-state index contributed by atoms with van der Waals surface area (Å²) in [5.41, 5.74) is 1.66. The van der Waals surface area contributed by atoms with E-state index >= 15 is 0 Å². The van der Waals surface area contributed by atoms with Crippen LogP contribution >= 0.6 is 11.3 Å². The molecule has 1 unspecified atom stereocenters. The van der Waals surface area contributed by atoms with E-state index in [4.69, 9.17) is 0 Å². The van der Waals surface area contributed by atoms with E-state index in [9.17, 15) is 0 Å². The summed E-state index contributed by atoms with van der Waals surface area (Å²) in [5.74, 6) is 0.997. The quantitative estimate of drug-likeness (QED) is 0.798. The van der Waals surface area contributed by atoms with Gasteiger partial charge in [0.1, 0.15) is 0 Å². The number of thiophene rings is 1. The van der Waals surface area contributed by atoms with Crippen molar-refractivity contribution in [1.82, 2.24) is 5.32 Å². The highest BCUT2D eigenvalue weighted by Gasteiger charge is 2.25. The SMILES string of the molecule is CCCNC(CC1CCC1)c1cc2c(s1)CCC2. The highest BCUT2D eigenvalue weighted by molar-refractivity contribution is 7.12. The third-order valence-corrected chi connectivity index (χ3v) is 5.89. The average molecular weight is 263 g/mol. The summed E-state index contributed by atoms with van der Waals surface area (Å²) in [6.07, 6.45) is 11.1. The molecule has 1 nitrogen and oxygen atoms in total. The molecule has 1 saturated carbocycles. The number of fused-ring (bicyclic) bond motifs is 1. The van der Waals surface area contributed by atoms with Gasteiger partial charge < -0.3 is 5.32 Å². The smallest absolute Gasteiger partial charge is 0.0417 e. The third kappa shape index (κ3) is 2.65. The zero-order valence-corrected chi connectivity index (χ0v) is 12.3. The molecular weight excluding hydrogens is 238 g/mol. The summed E-state index contributed by atoms with van der Waals surface area (Å²) < 4.78 is 0. The Labute approximate surface area is 115 Å². The van der Waals surface area contributed by atoms with Crippen molar-refractivity contribution in [3.05, 3.63) is 21.4 Å². The van der Waals surface area contributed by atoms with E-state index in [1.807, 2.05) is 0 Å². The molecular formula is C16H25NS. The molecule has 0 bridgehead atoms. The molecule has 18 heavy (non-hydrogen) atoms. The number of hydrogen-bond donors (Lipinski definition) is 1. The Bertz CT molecular complexity index is 370. The summed E-state index contributed by atoms with van der Waals surface area (Å²) in [4.78, 5) is 3.31. The van der Waals surface area contributed by atoms with E-state index in [1.54, 1.807) is 15.3 Å². The average Bonchev–Trinajstić information content (AvgIpc) is 2.87. The van der Waals surface area contributed by atoms with Crippen LogP contribution in [0.2, 0.25) is 0 Å². The van der Waals surface area contributed by atoms with Gasteiger partial charge in [-0.25, -0.2) is 0 Å². The topological polar surface area (TPSA) is 12.0 Å². The molecule has 0 amide bonds. The molecule has 0 aliphatic heterocycles. The van der Waals surface area contributed by atoms with Gasteiger partial charge in [-0.15, -0.1) is 11.3 Å². The molecule has 3 rings (SSSR count). The molecule has 100 valence electrons. The molecule has 0 spiro atoms. The zero-order valence-electron chi connectivity index (χ0n) is 11.5. The van der Waals surface area contributed by atoms with E-state index in [0.29, 0.717) is 6.04 Å². The molecule has 2 aliphatic carbocycles. The second-order valence-corrected chi connectivity index (χ2v) is 7.16. The lowest BCUT2D eigenvalue weighted by atomic mass is 9.80. The fourth-order valence-electron chi connectivity index (χ4n) is 3.20. The normalized spacial score (nSPS) is 20.7. The van der Waals surface area contributed by atoms with Gasteiger partial charge in [-0.05, 0) is 56.2 Å². The third-order valence-electron chi connectivity index (χ3n) is 4.54. The van der Waals surface area contributed by atoms with Crippen LogP contribution in [0.5, 0.6) is 0 Å². The minimum Gasteiger partial charge on any atom is -0.309 e. The predicted molar refractivity (Wildman–Crippen MR) is 79.3 cm³/mol. The summed E-state index contributed by atoms with van der Waals surface area (Å²) in [6, 6.07) is 3.16. The van der Waals surface area contributed by atoms with Crippen LogP contribution in [0.25, 0.3) is 0 Å². The lowest BCUT2D eigenvalue weighted by Gasteiger charge is -2.30. The Kier molecular flexibility index (Phi) is 4.05. The maximum atomic E-state index is 3.78. The number of aryl methyl sites for hydroxylation is 2. The van der Waals surface area contributed by atoms with Crippen molar-refractivity contribution in [2.75, 3.05) is 6.54 Å². The van der Waals surface area contributed by atoms with Crippen LogP contribution < -0.4 is 5.32 Å². The number of rotatable bonds is 6. The van der Waals surface area contributed by atoms with Crippen molar-refractivity contribution in [2.45, 2.75) is 64.3 Å². The Morgan fingerprint density at radius 1 is 1.33 bits per heavy atom. The summed E-state index contributed by atoms with van der Waals surface area (Å²) in [6.45, 7) is 3.43. The number of nitrogens with one attached hydrogen (secondary N) is 1. The van der Waals surface area contributed by atoms with Crippen molar-refractivity contribution in [2.24, 2.45) is 5.92 Å². The van der Waals surface area contributed by atoms with Gasteiger partial charge >= 0.3 is 0 Å². The minimum absolute atomic E-state index is 0.644. The first-order valence-electron chi connectivity index (χ1n) is 7.71. The maximum Gasteiger partial charge on any atom is 0.0417 e. The Morgan fingerprint density at radius 2 is 2.22 bits per heavy atom. The van der Waals surface area contributed by atoms with Gasteiger partial charge in [-0.2, -0.15) is 0 Å². The minimum atomic E-state index is 0.644.